The molecule has 0 aromatic heterocycles. The van der Waals surface area contributed by atoms with Crippen LogP contribution in [0.15, 0.2) is 46.2 Å². The van der Waals surface area contributed by atoms with Crippen LogP contribution in [-0.2, 0) is 0 Å². The van der Waals surface area contributed by atoms with Crippen LogP contribution in [0.3, 0.4) is 0 Å². The Morgan fingerprint density at radius 2 is 1.89 bits per heavy atom. The summed E-state index contributed by atoms with van der Waals surface area (Å²) in [6.45, 7) is 0. The van der Waals surface area contributed by atoms with Gasteiger partial charge in [0.05, 0.1) is 9.82 Å². The molecule has 3 nitrogen and oxygen atoms in total. The van der Waals surface area contributed by atoms with Crippen molar-refractivity contribution in [1.82, 2.24) is 0 Å². The third kappa shape index (κ3) is 3.02. The summed E-state index contributed by atoms with van der Waals surface area (Å²) in [7, 11) is 0. The number of nitrogens with zero attached hydrogens (tertiary/aromatic N) is 1. The molecule has 0 aliphatic rings. The molecule has 0 radical (unpaired) electrons. The Hall–Kier alpha value is -1.66. The number of para-hydroxylation sites is 1. The van der Waals surface area contributed by atoms with Gasteiger partial charge >= 0.3 is 5.69 Å². The van der Waals surface area contributed by atoms with Crippen molar-refractivity contribution < 1.29 is 13.7 Å². The summed E-state index contributed by atoms with van der Waals surface area (Å²) >= 11 is 6.70. The highest BCUT2D eigenvalue weighted by atomic mass is 35.5. The largest absolute Gasteiger partial charge is 0.301 e. The van der Waals surface area contributed by atoms with Gasteiger partial charge in [0.1, 0.15) is 5.02 Å². The summed E-state index contributed by atoms with van der Waals surface area (Å²) in [5.74, 6) is -1.97. The van der Waals surface area contributed by atoms with E-state index < -0.39 is 16.6 Å². The molecule has 0 atom stereocenters. The number of hydrogen-bond acceptors (Lipinski definition) is 3. The van der Waals surface area contributed by atoms with Gasteiger partial charge in [0.25, 0.3) is 0 Å². The molecule has 0 fully saturated rings. The predicted molar refractivity (Wildman–Crippen MR) is 68.6 cm³/mol. The van der Waals surface area contributed by atoms with Crippen LogP contribution in [0.2, 0.25) is 5.02 Å². The highest BCUT2D eigenvalue weighted by Crippen LogP contribution is 2.39. The van der Waals surface area contributed by atoms with E-state index >= 15 is 0 Å². The molecule has 0 aliphatic carbocycles. The molecule has 0 spiro atoms. The van der Waals surface area contributed by atoms with Gasteiger partial charge in [-0.05, 0) is 30.3 Å². The van der Waals surface area contributed by atoms with Crippen molar-refractivity contribution in [2.75, 3.05) is 0 Å². The van der Waals surface area contributed by atoms with Gasteiger partial charge in [-0.15, -0.1) is 0 Å². The Balaban J connectivity index is 2.40. The van der Waals surface area contributed by atoms with Crippen LogP contribution >= 0.6 is 23.4 Å². The lowest BCUT2D eigenvalue weighted by molar-refractivity contribution is -0.387. The molecule has 2 aromatic carbocycles. The summed E-state index contributed by atoms with van der Waals surface area (Å²) in [6, 6.07) is 7.73. The molecule has 2 aromatic rings. The summed E-state index contributed by atoms with van der Waals surface area (Å²) in [6.07, 6.45) is 0. The molecule has 7 heteroatoms. The third-order valence-corrected chi connectivity index (χ3v) is 3.60. The molecule has 0 heterocycles. The normalized spacial score (nSPS) is 10.5. The first-order valence-corrected chi connectivity index (χ1v) is 6.24. The summed E-state index contributed by atoms with van der Waals surface area (Å²) in [4.78, 5) is 10.9. The standard InChI is InChI=1S/C12H6ClF2NO2S/c13-8-2-1-3-11(12(8)16(17)18)19-7-4-5-9(14)10(15)6-7/h1-6H. The lowest BCUT2D eigenvalue weighted by atomic mass is 10.3. The zero-order valence-electron chi connectivity index (χ0n) is 9.27. The second kappa shape index (κ2) is 5.54. The van der Waals surface area contributed by atoms with Crippen molar-refractivity contribution in [2.45, 2.75) is 9.79 Å². The SMILES string of the molecule is O=[N+]([O-])c1c(Cl)cccc1Sc1ccc(F)c(F)c1. The Labute approximate surface area is 116 Å². The number of nitro benzene ring substituents is 1. The summed E-state index contributed by atoms with van der Waals surface area (Å²) in [5.41, 5.74) is -0.251. The molecule has 0 saturated carbocycles. The van der Waals surface area contributed by atoms with Crippen LogP contribution < -0.4 is 0 Å². The fourth-order valence-electron chi connectivity index (χ4n) is 1.42. The molecule has 0 aliphatic heterocycles. The fourth-order valence-corrected chi connectivity index (χ4v) is 2.70. The Morgan fingerprint density at radius 1 is 1.16 bits per heavy atom. The van der Waals surface area contributed by atoms with Gasteiger partial charge in [-0.3, -0.25) is 10.1 Å². The Kier molecular flexibility index (Phi) is 4.01. The van der Waals surface area contributed by atoms with Gasteiger partial charge in [0.2, 0.25) is 0 Å². The lowest BCUT2D eigenvalue weighted by Crippen LogP contribution is -1.92. The summed E-state index contributed by atoms with van der Waals surface area (Å²) in [5, 5.41) is 10.9. The molecule has 0 saturated heterocycles. The highest BCUT2D eigenvalue weighted by Gasteiger charge is 2.19. The third-order valence-electron chi connectivity index (χ3n) is 2.25. The molecule has 2 rings (SSSR count). The first-order chi connectivity index (χ1) is 8.99. The predicted octanol–water partition coefficient (Wildman–Crippen LogP) is 4.68. The first kappa shape index (κ1) is 13.8. The molecule has 98 valence electrons. The van der Waals surface area contributed by atoms with Crippen molar-refractivity contribution in [3.63, 3.8) is 0 Å². The van der Waals surface area contributed by atoms with E-state index in [4.69, 9.17) is 11.6 Å². The van der Waals surface area contributed by atoms with Gasteiger partial charge in [0, 0.05) is 4.90 Å². The van der Waals surface area contributed by atoms with E-state index in [9.17, 15) is 18.9 Å². The van der Waals surface area contributed by atoms with Crippen LogP contribution in [0.5, 0.6) is 0 Å². The highest BCUT2D eigenvalue weighted by molar-refractivity contribution is 7.99. The van der Waals surface area contributed by atoms with Gasteiger partial charge < -0.3 is 0 Å². The Morgan fingerprint density at radius 3 is 2.53 bits per heavy atom. The van der Waals surface area contributed by atoms with Crippen LogP contribution in [0.4, 0.5) is 14.5 Å². The van der Waals surface area contributed by atoms with E-state index in [1.807, 2.05) is 0 Å². The zero-order chi connectivity index (χ0) is 14.0. The minimum atomic E-state index is -1.00. The number of rotatable bonds is 3. The van der Waals surface area contributed by atoms with Crippen LogP contribution in [-0.4, -0.2) is 4.92 Å². The average molecular weight is 302 g/mol. The molecular weight excluding hydrogens is 296 g/mol. The van der Waals surface area contributed by atoms with Crippen molar-refractivity contribution in [3.05, 3.63) is 63.2 Å². The van der Waals surface area contributed by atoms with E-state index in [2.05, 4.69) is 0 Å². The van der Waals surface area contributed by atoms with Gasteiger partial charge in [-0.1, -0.05) is 29.4 Å². The molecular formula is C12H6ClF2NO2S. The minimum absolute atomic E-state index is 0.00224. The van der Waals surface area contributed by atoms with E-state index in [0.29, 0.717) is 4.90 Å². The number of nitro groups is 1. The van der Waals surface area contributed by atoms with E-state index in [0.717, 1.165) is 23.9 Å². The number of hydrogen-bond donors (Lipinski definition) is 0. The van der Waals surface area contributed by atoms with Crippen molar-refractivity contribution in [1.29, 1.82) is 0 Å². The second-order valence-electron chi connectivity index (χ2n) is 3.52. The van der Waals surface area contributed by atoms with Crippen molar-refractivity contribution in [2.24, 2.45) is 0 Å². The lowest BCUT2D eigenvalue weighted by Gasteiger charge is -2.04. The molecule has 19 heavy (non-hydrogen) atoms. The maximum Gasteiger partial charge on any atom is 0.301 e. The molecule has 0 amide bonds. The average Bonchev–Trinajstić information content (AvgIpc) is 2.33. The number of halogens is 3. The van der Waals surface area contributed by atoms with Gasteiger partial charge in [-0.25, -0.2) is 8.78 Å². The fraction of sp³-hybridized carbons (Fsp3) is 0. The molecule has 0 bridgehead atoms. The van der Waals surface area contributed by atoms with E-state index in [1.54, 1.807) is 6.07 Å². The maximum atomic E-state index is 13.1. The van der Waals surface area contributed by atoms with Crippen molar-refractivity contribution >= 4 is 29.1 Å². The van der Waals surface area contributed by atoms with E-state index in [-0.39, 0.29) is 15.6 Å². The Bertz CT molecular complexity index is 652. The smallest absolute Gasteiger partial charge is 0.258 e. The van der Waals surface area contributed by atoms with Crippen LogP contribution in [0.1, 0.15) is 0 Å². The summed E-state index contributed by atoms with van der Waals surface area (Å²) < 4.78 is 25.9. The molecule has 0 N–H and O–H groups in total. The van der Waals surface area contributed by atoms with E-state index in [1.165, 1.54) is 18.2 Å². The molecule has 0 unspecified atom stereocenters. The quantitative estimate of drug-likeness (QED) is 0.611. The second-order valence-corrected chi connectivity index (χ2v) is 5.04. The van der Waals surface area contributed by atoms with Gasteiger partial charge in [0.15, 0.2) is 11.6 Å². The number of benzene rings is 2. The van der Waals surface area contributed by atoms with Crippen LogP contribution in [0.25, 0.3) is 0 Å². The monoisotopic (exact) mass is 301 g/mol. The zero-order valence-corrected chi connectivity index (χ0v) is 10.8. The topological polar surface area (TPSA) is 43.1 Å². The van der Waals surface area contributed by atoms with Crippen LogP contribution in [0, 0.1) is 21.7 Å². The minimum Gasteiger partial charge on any atom is -0.258 e. The first-order valence-electron chi connectivity index (χ1n) is 5.05. The van der Waals surface area contributed by atoms with Gasteiger partial charge in [-0.2, -0.15) is 0 Å². The maximum absolute atomic E-state index is 13.1. The van der Waals surface area contributed by atoms with Crippen molar-refractivity contribution in [3.8, 4) is 0 Å².